The van der Waals surface area contributed by atoms with Crippen LogP contribution < -0.4 is 4.57 Å². The standard InChI is InChI=1S/C22H26N/c1-14(2)19-9-10-21-20(13-19)8-7-17(5)23(21)22-12-15(3)11-16(4)18(22)6/h7-14H,1-6H3/q+1. The molecule has 0 amide bonds. The van der Waals surface area contributed by atoms with Gasteiger partial charge in [0.05, 0.1) is 0 Å². The molecule has 23 heavy (non-hydrogen) atoms. The molecule has 0 N–H and O–H groups in total. The first kappa shape index (κ1) is 15.7. The Balaban J connectivity index is 2.35. The van der Waals surface area contributed by atoms with Gasteiger partial charge in [-0.25, -0.2) is 0 Å². The maximum absolute atomic E-state index is 2.40. The van der Waals surface area contributed by atoms with Crippen molar-refractivity contribution in [2.75, 3.05) is 0 Å². The molecule has 0 saturated heterocycles. The molecule has 0 unspecified atom stereocenters. The first-order chi connectivity index (χ1) is 10.9. The van der Waals surface area contributed by atoms with Crippen LogP contribution in [0.2, 0.25) is 0 Å². The highest BCUT2D eigenvalue weighted by molar-refractivity contribution is 5.77. The summed E-state index contributed by atoms with van der Waals surface area (Å²) in [7, 11) is 0. The van der Waals surface area contributed by atoms with Gasteiger partial charge in [-0.3, -0.25) is 0 Å². The second kappa shape index (κ2) is 5.81. The highest BCUT2D eigenvalue weighted by Gasteiger charge is 2.20. The Bertz CT molecular complexity index is 888. The van der Waals surface area contributed by atoms with Crippen molar-refractivity contribution >= 4 is 10.9 Å². The summed E-state index contributed by atoms with van der Waals surface area (Å²) in [5.41, 5.74) is 9.25. The van der Waals surface area contributed by atoms with Gasteiger partial charge < -0.3 is 0 Å². The van der Waals surface area contributed by atoms with Gasteiger partial charge >= 0.3 is 0 Å². The number of aromatic nitrogens is 1. The smallest absolute Gasteiger partial charge is 0.157 e. The summed E-state index contributed by atoms with van der Waals surface area (Å²) < 4.78 is 2.40. The van der Waals surface area contributed by atoms with E-state index in [9.17, 15) is 0 Å². The van der Waals surface area contributed by atoms with Crippen molar-refractivity contribution in [1.82, 2.24) is 0 Å². The molecule has 0 atom stereocenters. The Morgan fingerprint density at radius 2 is 1.57 bits per heavy atom. The topological polar surface area (TPSA) is 3.88 Å². The normalized spacial score (nSPS) is 11.4. The average Bonchev–Trinajstić information content (AvgIpc) is 2.50. The van der Waals surface area contributed by atoms with E-state index in [0.717, 1.165) is 0 Å². The van der Waals surface area contributed by atoms with Crippen LogP contribution in [-0.2, 0) is 0 Å². The second-order valence-corrected chi connectivity index (χ2v) is 7.01. The van der Waals surface area contributed by atoms with Crippen molar-refractivity contribution in [2.45, 2.75) is 47.5 Å². The molecule has 0 bridgehead atoms. The molecule has 0 saturated carbocycles. The molecule has 3 rings (SSSR count). The lowest BCUT2D eigenvalue weighted by Gasteiger charge is -2.11. The second-order valence-electron chi connectivity index (χ2n) is 7.01. The molecule has 1 aromatic heterocycles. The minimum atomic E-state index is 0.553. The minimum absolute atomic E-state index is 0.553. The van der Waals surface area contributed by atoms with Gasteiger partial charge in [0, 0.05) is 36.1 Å². The fourth-order valence-corrected chi connectivity index (χ4v) is 3.31. The fraction of sp³-hybridized carbons (Fsp3) is 0.318. The van der Waals surface area contributed by atoms with Crippen LogP contribution >= 0.6 is 0 Å². The third-order valence-electron chi connectivity index (χ3n) is 4.84. The van der Waals surface area contributed by atoms with Crippen molar-refractivity contribution in [3.63, 3.8) is 0 Å². The first-order valence-corrected chi connectivity index (χ1v) is 8.42. The van der Waals surface area contributed by atoms with Crippen molar-refractivity contribution in [2.24, 2.45) is 0 Å². The average molecular weight is 304 g/mol. The summed E-state index contributed by atoms with van der Waals surface area (Å²) >= 11 is 0. The maximum Gasteiger partial charge on any atom is 0.218 e. The van der Waals surface area contributed by atoms with Crippen molar-refractivity contribution < 1.29 is 4.57 Å². The molecule has 2 aromatic carbocycles. The van der Waals surface area contributed by atoms with Crippen LogP contribution in [0.3, 0.4) is 0 Å². The van der Waals surface area contributed by atoms with Crippen LogP contribution in [0.1, 0.15) is 47.7 Å². The SMILES string of the molecule is Cc1cc(C)c(C)c(-[n+]2c(C)ccc3cc(C(C)C)ccc32)c1. The summed E-state index contributed by atoms with van der Waals surface area (Å²) in [5, 5.41) is 1.31. The number of hydrogen-bond acceptors (Lipinski definition) is 0. The summed E-state index contributed by atoms with van der Waals surface area (Å²) in [6.07, 6.45) is 0. The molecule has 0 radical (unpaired) electrons. The van der Waals surface area contributed by atoms with Crippen LogP contribution in [0.25, 0.3) is 16.6 Å². The van der Waals surface area contributed by atoms with Crippen LogP contribution in [0.5, 0.6) is 0 Å². The third kappa shape index (κ3) is 2.76. The lowest BCUT2D eigenvalue weighted by Crippen LogP contribution is -2.36. The summed E-state index contributed by atoms with van der Waals surface area (Å²) in [6, 6.07) is 15.9. The molecule has 0 aliphatic carbocycles. The zero-order chi connectivity index (χ0) is 16.7. The number of aryl methyl sites for hydroxylation is 3. The van der Waals surface area contributed by atoms with Gasteiger partial charge in [0.15, 0.2) is 5.69 Å². The number of fused-ring (bicyclic) bond motifs is 1. The zero-order valence-electron chi connectivity index (χ0n) is 15.1. The van der Waals surface area contributed by atoms with E-state index in [1.165, 1.54) is 44.5 Å². The van der Waals surface area contributed by atoms with E-state index in [1.807, 2.05) is 0 Å². The predicted octanol–water partition coefficient (Wildman–Crippen LogP) is 5.47. The molecule has 0 aliphatic rings. The molecule has 1 nitrogen and oxygen atoms in total. The molecule has 118 valence electrons. The van der Waals surface area contributed by atoms with Crippen molar-refractivity contribution in [3.05, 3.63) is 70.4 Å². The molecule has 1 heterocycles. The molecular weight excluding hydrogens is 278 g/mol. The van der Waals surface area contributed by atoms with Crippen LogP contribution in [-0.4, -0.2) is 0 Å². The minimum Gasteiger partial charge on any atom is -0.157 e. The van der Waals surface area contributed by atoms with E-state index in [-0.39, 0.29) is 0 Å². The van der Waals surface area contributed by atoms with Gasteiger partial charge in [0.2, 0.25) is 11.2 Å². The number of rotatable bonds is 2. The molecular formula is C22H26N+. The van der Waals surface area contributed by atoms with Crippen LogP contribution in [0.4, 0.5) is 0 Å². The summed E-state index contributed by atoms with van der Waals surface area (Å²) in [5.74, 6) is 0.553. The van der Waals surface area contributed by atoms with E-state index in [4.69, 9.17) is 0 Å². The van der Waals surface area contributed by atoms with E-state index in [2.05, 4.69) is 88.6 Å². The maximum atomic E-state index is 2.40. The number of pyridine rings is 1. The summed E-state index contributed by atoms with van der Waals surface area (Å²) in [6.45, 7) is 13.3. The quantitative estimate of drug-likeness (QED) is 0.552. The molecule has 3 aromatic rings. The number of hydrogen-bond donors (Lipinski definition) is 0. The number of nitrogens with zero attached hydrogens (tertiary/aromatic N) is 1. The van der Waals surface area contributed by atoms with Gasteiger partial charge in [-0.1, -0.05) is 26.0 Å². The predicted molar refractivity (Wildman–Crippen MR) is 98.5 cm³/mol. The van der Waals surface area contributed by atoms with Crippen molar-refractivity contribution in [1.29, 1.82) is 0 Å². The first-order valence-electron chi connectivity index (χ1n) is 8.42. The zero-order valence-corrected chi connectivity index (χ0v) is 15.1. The van der Waals surface area contributed by atoms with Gasteiger partial charge in [-0.05, 0) is 55.5 Å². The molecule has 0 fully saturated rings. The Kier molecular flexibility index (Phi) is 3.97. The molecule has 1 heteroatoms. The number of benzene rings is 2. The molecule has 0 spiro atoms. The third-order valence-corrected chi connectivity index (χ3v) is 4.84. The highest BCUT2D eigenvalue weighted by atomic mass is 15.0. The van der Waals surface area contributed by atoms with Crippen LogP contribution in [0.15, 0.2) is 42.5 Å². The lowest BCUT2D eigenvalue weighted by atomic mass is 9.99. The van der Waals surface area contributed by atoms with E-state index in [0.29, 0.717) is 5.92 Å². The lowest BCUT2D eigenvalue weighted by molar-refractivity contribution is -0.575. The van der Waals surface area contributed by atoms with Crippen molar-refractivity contribution in [3.8, 4) is 5.69 Å². The summed E-state index contributed by atoms with van der Waals surface area (Å²) in [4.78, 5) is 0. The van der Waals surface area contributed by atoms with Gasteiger partial charge in [-0.15, -0.1) is 0 Å². The van der Waals surface area contributed by atoms with E-state index < -0.39 is 0 Å². The Hall–Kier alpha value is -2.15. The Labute approximate surface area is 139 Å². The van der Waals surface area contributed by atoms with E-state index >= 15 is 0 Å². The van der Waals surface area contributed by atoms with Gasteiger partial charge in [0.1, 0.15) is 0 Å². The largest absolute Gasteiger partial charge is 0.218 e. The van der Waals surface area contributed by atoms with Gasteiger partial charge in [0.25, 0.3) is 0 Å². The highest BCUT2D eigenvalue weighted by Crippen LogP contribution is 2.23. The molecule has 0 aliphatic heterocycles. The Morgan fingerprint density at radius 3 is 2.26 bits per heavy atom. The fourth-order valence-electron chi connectivity index (χ4n) is 3.31. The van der Waals surface area contributed by atoms with E-state index in [1.54, 1.807) is 0 Å². The van der Waals surface area contributed by atoms with Crippen LogP contribution in [0, 0.1) is 27.7 Å². The van der Waals surface area contributed by atoms with Gasteiger partial charge in [-0.2, -0.15) is 4.57 Å². The Morgan fingerprint density at radius 1 is 0.826 bits per heavy atom. The monoisotopic (exact) mass is 304 g/mol.